The normalized spacial score (nSPS) is 10.8. The minimum Gasteiger partial charge on any atom is -0.268 e. The molecule has 130 valence electrons. The van der Waals surface area contributed by atoms with Gasteiger partial charge in [-0.05, 0) is 17.2 Å². The van der Waals surface area contributed by atoms with Gasteiger partial charge in [0.2, 0.25) is 0 Å². The molecule has 0 spiro atoms. The highest BCUT2D eigenvalue weighted by atomic mass is 16.6. The number of nitrogens with zero attached hydrogens (tertiary/aromatic N) is 4. The van der Waals surface area contributed by atoms with E-state index in [1.54, 1.807) is 35.3 Å². The zero-order valence-corrected chi connectivity index (χ0v) is 13.6. The van der Waals surface area contributed by atoms with Crippen LogP contribution in [0.25, 0.3) is 0 Å². The number of nitro benzene ring substituents is 1. The summed E-state index contributed by atoms with van der Waals surface area (Å²) in [6, 6.07) is 17.2. The van der Waals surface area contributed by atoms with Crippen molar-refractivity contribution in [2.75, 3.05) is 0 Å². The van der Waals surface area contributed by atoms with E-state index in [2.05, 4.69) is 15.6 Å². The Hall–Kier alpha value is -3.81. The summed E-state index contributed by atoms with van der Waals surface area (Å²) in [4.78, 5) is 22.3. The molecule has 0 aliphatic rings. The number of benzene rings is 2. The molecule has 3 aromatic rings. The number of nitrogens with one attached hydrogen (secondary N) is 1. The molecule has 8 heteroatoms. The maximum absolute atomic E-state index is 12.0. The van der Waals surface area contributed by atoms with Crippen LogP contribution in [-0.4, -0.2) is 26.8 Å². The van der Waals surface area contributed by atoms with E-state index in [1.165, 1.54) is 12.1 Å². The minimum absolute atomic E-state index is 0.0329. The quantitative estimate of drug-likeness (QED) is 0.420. The second kappa shape index (κ2) is 7.84. The number of aromatic nitrogens is 2. The second-order valence-corrected chi connectivity index (χ2v) is 5.43. The fraction of sp³-hybridized carbons (Fsp3) is 0.0556. The summed E-state index contributed by atoms with van der Waals surface area (Å²) in [5.74, 6) is -0.417. The largest absolute Gasteiger partial charge is 0.291 e. The van der Waals surface area contributed by atoms with Gasteiger partial charge in [0.05, 0.1) is 17.7 Å². The Morgan fingerprint density at radius 2 is 1.88 bits per heavy atom. The fourth-order valence-electron chi connectivity index (χ4n) is 2.24. The van der Waals surface area contributed by atoms with Gasteiger partial charge in [-0.25, -0.2) is 5.43 Å². The van der Waals surface area contributed by atoms with Crippen molar-refractivity contribution in [3.8, 4) is 0 Å². The molecule has 0 atom stereocenters. The van der Waals surface area contributed by atoms with Crippen LogP contribution in [0.3, 0.4) is 0 Å². The van der Waals surface area contributed by atoms with E-state index >= 15 is 0 Å². The smallest absolute Gasteiger partial charge is 0.268 e. The summed E-state index contributed by atoms with van der Waals surface area (Å²) >= 11 is 0. The Kier molecular flexibility index (Phi) is 5.14. The van der Waals surface area contributed by atoms with Crippen molar-refractivity contribution < 1.29 is 9.72 Å². The van der Waals surface area contributed by atoms with Gasteiger partial charge >= 0.3 is 0 Å². The first kappa shape index (κ1) is 17.0. The van der Waals surface area contributed by atoms with E-state index in [-0.39, 0.29) is 11.4 Å². The Morgan fingerprint density at radius 3 is 2.58 bits per heavy atom. The van der Waals surface area contributed by atoms with Gasteiger partial charge in [0.15, 0.2) is 5.69 Å². The molecule has 0 saturated heterocycles. The van der Waals surface area contributed by atoms with Gasteiger partial charge in [-0.2, -0.15) is 10.2 Å². The molecule has 0 fully saturated rings. The van der Waals surface area contributed by atoms with Crippen LogP contribution in [0, 0.1) is 10.1 Å². The minimum atomic E-state index is -0.448. The third kappa shape index (κ3) is 4.38. The monoisotopic (exact) mass is 349 g/mol. The number of hydrogen-bond acceptors (Lipinski definition) is 5. The van der Waals surface area contributed by atoms with Gasteiger partial charge in [-0.1, -0.05) is 42.5 Å². The lowest BCUT2D eigenvalue weighted by molar-refractivity contribution is -0.384. The van der Waals surface area contributed by atoms with E-state index in [9.17, 15) is 14.9 Å². The van der Waals surface area contributed by atoms with Crippen LogP contribution in [0.1, 0.15) is 21.6 Å². The van der Waals surface area contributed by atoms with Crippen LogP contribution in [-0.2, 0) is 6.54 Å². The topological polar surface area (TPSA) is 102 Å². The number of carbonyl (C=O) groups excluding carboxylic acids is 1. The van der Waals surface area contributed by atoms with Crippen molar-refractivity contribution in [1.82, 2.24) is 15.2 Å². The molecule has 0 aliphatic heterocycles. The van der Waals surface area contributed by atoms with Crippen LogP contribution in [0.2, 0.25) is 0 Å². The van der Waals surface area contributed by atoms with Gasteiger partial charge in [-0.3, -0.25) is 19.6 Å². The molecule has 1 N–H and O–H groups in total. The lowest BCUT2D eigenvalue weighted by Gasteiger charge is -2.01. The van der Waals surface area contributed by atoms with E-state index in [0.717, 1.165) is 11.1 Å². The van der Waals surface area contributed by atoms with Crippen molar-refractivity contribution in [3.63, 3.8) is 0 Å². The number of rotatable bonds is 6. The number of amides is 1. The molecule has 1 aromatic heterocycles. The molecule has 0 unspecified atom stereocenters. The summed E-state index contributed by atoms with van der Waals surface area (Å²) in [6.07, 6.45) is 3.21. The highest BCUT2D eigenvalue weighted by Crippen LogP contribution is 2.12. The lowest BCUT2D eigenvalue weighted by Crippen LogP contribution is -2.18. The number of non-ortho nitro benzene ring substituents is 1. The summed E-state index contributed by atoms with van der Waals surface area (Å²) in [5, 5.41) is 18.7. The van der Waals surface area contributed by atoms with Gasteiger partial charge in [0.1, 0.15) is 0 Å². The average Bonchev–Trinajstić information content (AvgIpc) is 3.11. The van der Waals surface area contributed by atoms with Crippen molar-refractivity contribution in [3.05, 3.63) is 93.8 Å². The molecule has 8 nitrogen and oxygen atoms in total. The Bertz CT molecular complexity index is 933. The summed E-state index contributed by atoms with van der Waals surface area (Å²) in [5.41, 5.74) is 4.40. The third-order valence-corrected chi connectivity index (χ3v) is 3.54. The van der Waals surface area contributed by atoms with Gasteiger partial charge in [0, 0.05) is 18.3 Å². The van der Waals surface area contributed by atoms with E-state index in [0.29, 0.717) is 6.54 Å². The Morgan fingerprint density at radius 1 is 1.15 bits per heavy atom. The van der Waals surface area contributed by atoms with Gasteiger partial charge in [0.25, 0.3) is 11.6 Å². The molecule has 0 saturated carbocycles. The zero-order valence-electron chi connectivity index (χ0n) is 13.6. The summed E-state index contributed by atoms with van der Waals surface area (Å²) < 4.78 is 1.58. The highest BCUT2D eigenvalue weighted by Gasteiger charge is 2.09. The van der Waals surface area contributed by atoms with E-state index in [1.807, 2.05) is 30.3 Å². The van der Waals surface area contributed by atoms with Crippen LogP contribution in [0.5, 0.6) is 0 Å². The van der Waals surface area contributed by atoms with Crippen molar-refractivity contribution in [2.45, 2.75) is 6.54 Å². The van der Waals surface area contributed by atoms with Crippen molar-refractivity contribution in [1.29, 1.82) is 0 Å². The molecule has 0 bridgehead atoms. The average molecular weight is 349 g/mol. The maximum atomic E-state index is 12.0. The molecule has 2 aromatic carbocycles. The first-order valence-corrected chi connectivity index (χ1v) is 7.77. The molecule has 3 rings (SSSR count). The summed E-state index contributed by atoms with van der Waals surface area (Å²) in [6.45, 7) is 0.401. The first-order valence-electron chi connectivity index (χ1n) is 7.77. The van der Waals surface area contributed by atoms with Crippen molar-refractivity contribution >= 4 is 17.8 Å². The number of carbonyl (C=O) groups is 1. The molecule has 0 radical (unpaired) electrons. The second-order valence-electron chi connectivity index (χ2n) is 5.43. The Labute approximate surface area is 148 Å². The number of hydrazone groups is 1. The molecule has 1 heterocycles. The van der Waals surface area contributed by atoms with Crippen LogP contribution in [0.15, 0.2) is 72.0 Å². The molecule has 0 aliphatic carbocycles. The third-order valence-electron chi connectivity index (χ3n) is 3.54. The van der Waals surface area contributed by atoms with Crippen LogP contribution in [0.4, 0.5) is 5.69 Å². The van der Waals surface area contributed by atoms with Gasteiger partial charge < -0.3 is 0 Å². The molecular formula is C18H15N5O3. The van der Waals surface area contributed by atoms with Crippen LogP contribution < -0.4 is 5.43 Å². The zero-order chi connectivity index (χ0) is 18.4. The molecule has 26 heavy (non-hydrogen) atoms. The van der Waals surface area contributed by atoms with Crippen molar-refractivity contribution in [2.24, 2.45) is 5.10 Å². The fourth-order valence-corrected chi connectivity index (χ4v) is 2.24. The molecular weight excluding hydrogens is 334 g/mol. The van der Waals surface area contributed by atoms with Crippen LogP contribution >= 0.6 is 0 Å². The SMILES string of the molecule is O=C(N/N=C\c1ccccc1)c1ccn(Cc2ccc([N+](=O)[O-])cc2)n1. The number of nitro groups is 1. The van der Waals surface area contributed by atoms with E-state index in [4.69, 9.17) is 0 Å². The predicted octanol–water partition coefficient (Wildman–Crippen LogP) is 2.60. The molecule has 1 amide bonds. The first-order chi connectivity index (χ1) is 12.6. The lowest BCUT2D eigenvalue weighted by atomic mass is 10.2. The van der Waals surface area contributed by atoms with Gasteiger partial charge in [-0.15, -0.1) is 0 Å². The Balaban J connectivity index is 1.59. The summed E-state index contributed by atoms with van der Waals surface area (Å²) in [7, 11) is 0. The highest BCUT2D eigenvalue weighted by molar-refractivity contribution is 5.93. The standard InChI is InChI=1S/C18H15N5O3/c24-18(20-19-12-14-4-2-1-3-5-14)17-10-11-22(21-17)13-15-6-8-16(9-7-15)23(25)26/h1-12H,13H2,(H,20,24)/b19-12-. The predicted molar refractivity (Wildman–Crippen MR) is 95.9 cm³/mol. The maximum Gasteiger partial charge on any atom is 0.291 e. The van der Waals surface area contributed by atoms with E-state index < -0.39 is 10.8 Å². The number of hydrogen-bond donors (Lipinski definition) is 1.